The predicted molar refractivity (Wildman–Crippen MR) is 85.0 cm³/mol. The minimum absolute atomic E-state index is 0.0398. The van der Waals surface area contributed by atoms with Crippen molar-refractivity contribution in [1.82, 2.24) is 19.8 Å². The van der Waals surface area contributed by atoms with Gasteiger partial charge >= 0.3 is 0 Å². The number of fused-ring (bicyclic) bond motifs is 1. The second-order valence-corrected chi connectivity index (χ2v) is 6.34. The van der Waals surface area contributed by atoms with Crippen LogP contribution in [0.25, 0.3) is 0 Å². The van der Waals surface area contributed by atoms with Crippen LogP contribution in [0.4, 0.5) is 0 Å². The number of hydrogen-bond acceptors (Lipinski definition) is 5. The summed E-state index contributed by atoms with van der Waals surface area (Å²) in [6.45, 7) is 5.40. The molecule has 7 nitrogen and oxygen atoms in total. The van der Waals surface area contributed by atoms with Crippen molar-refractivity contribution in [3.05, 3.63) is 18.2 Å². The number of methoxy groups -OCH3 is 1. The molecule has 1 fully saturated rings. The van der Waals surface area contributed by atoms with E-state index in [1.807, 2.05) is 10.8 Å². The molecule has 0 saturated carbocycles. The van der Waals surface area contributed by atoms with E-state index >= 15 is 0 Å². The SMILES string of the molecule is COCCNC(=O)[C@@H]1CN(CC2CCOCC2)Cc2cncn21. The number of carbonyl (C=O) groups is 1. The van der Waals surface area contributed by atoms with Crippen LogP contribution in [0.15, 0.2) is 12.5 Å². The molecule has 1 aromatic rings. The minimum Gasteiger partial charge on any atom is -0.383 e. The molecule has 0 bridgehead atoms. The van der Waals surface area contributed by atoms with Crippen molar-refractivity contribution < 1.29 is 14.3 Å². The molecule has 2 aliphatic rings. The van der Waals surface area contributed by atoms with Gasteiger partial charge in [-0.15, -0.1) is 0 Å². The van der Waals surface area contributed by atoms with Gasteiger partial charge in [0.1, 0.15) is 6.04 Å². The van der Waals surface area contributed by atoms with E-state index in [-0.39, 0.29) is 11.9 Å². The van der Waals surface area contributed by atoms with E-state index < -0.39 is 0 Å². The van der Waals surface area contributed by atoms with E-state index in [4.69, 9.17) is 9.47 Å². The van der Waals surface area contributed by atoms with Gasteiger partial charge in [-0.2, -0.15) is 0 Å². The maximum atomic E-state index is 12.5. The van der Waals surface area contributed by atoms with Crippen LogP contribution in [0.3, 0.4) is 0 Å². The van der Waals surface area contributed by atoms with Gasteiger partial charge in [-0.3, -0.25) is 9.69 Å². The molecule has 0 aliphatic carbocycles. The van der Waals surface area contributed by atoms with E-state index in [0.29, 0.717) is 19.1 Å². The Morgan fingerprint density at radius 2 is 2.30 bits per heavy atom. The van der Waals surface area contributed by atoms with Gasteiger partial charge in [0.25, 0.3) is 0 Å². The van der Waals surface area contributed by atoms with Gasteiger partial charge in [0.2, 0.25) is 5.91 Å². The van der Waals surface area contributed by atoms with Crippen molar-refractivity contribution in [2.45, 2.75) is 25.4 Å². The topological polar surface area (TPSA) is 68.6 Å². The molecule has 3 heterocycles. The van der Waals surface area contributed by atoms with Gasteiger partial charge < -0.3 is 19.4 Å². The van der Waals surface area contributed by atoms with Gasteiger partial charge in [0.15, 0.2) is 0 Å². The first kappa shape index (κ1) is 16.4. The minimum atomic E-state index is -0.210. The van der Waals surface area contributed by atoms with Crippen molar-refractivity contribution >= 4 is 5.91 Å². The summed E-state index contributed by atoms with van der Waals surface area (Å²) in [5.74, 6) is 0.702. The summed E-state index contributed by atoms with van der Waals surface area (Å²) in [5.41, 5.74) is 1.11. The van der Waals surface area contributed by atoms with Gasteiger partial charge in [-0.25, -0.2) is 4.98 Å². The first-order chi connectivity index (χ1) is 11.3. The van der Waals surface area contributed by atoms with Crippen molar-refractivity contribution in [2.24, 2.45) is 5.92 Å². The number of nitrogens with one attached hydrogen (secondary N) is 1. The second-order valence-electron chi connectivity index (χ2n) is 6.34. The molecule has 128 valence electrons. The van der Waals surface area contributed by atoms with Crippen LogP contribution in [0.5, 0.6) is 0 Å². The molecular formula is C16H26N4O3. The first-order valence-corrected chi connectivity index (χ1v) is 8.35. The van der Waals surface area contributed by atoms with Crippen LogP contribution < -0.4 is 5.32 Å². The zero-order valence-corrected chi connectivity index (χ0v) is 13.7. The normalized spacial score (nSPS) is 22.7. The molecular weight excluding hydrogens is 296 g/mol. The summed E-state index contributed by atoms with van der Waals surface area (Å²) in [6.07, 6.45) is 5.86. The van der Waals surface area contributed by atoms with Gasteiger partial charge in [0.05, 0.1) is 18.6 Å². The Labute approximate surface area is 137 Å². The lowest BCUT2D eigenvalue weighted by atomic mass is 9.98. The van der Waals surface area contributed by atoms with E-state index in [9.17, 15) is 4.79 Å². The number of imidazole rings is 1. The quantitative estimate of drug-likeness (QED) is 0.769. The molecule has 1 atom stereocenters. The van der Waals surface area contributed by atoms with Gasteiger partial charge in [0, 0.05) is 52.7 Å². The standard InChI is InChI=1S/C16H26N4O3/c1-22-7-4-18-16(21)15-11-19(9-13-2-5-23-6-3-13)10-14-8-17-12-20(14)15/h8,12-13,15H,2-7,9-11H2,1H3,(H,18,21)/t15-/m0/s1. The predicted octanol–water partition coefficient (Wildman–Crippen LogP) is 0.429. The Bertz CT molecular complexity index is 513. The third kappa shape index (κ3) is 4.10. The maximum absolute atomic E-state index is 12.5. The van der Waals surface area contributed by atoms with Crippen molar-refractivity contribution in [2.75, 3.05) is 46.6 Å². The number of hydrogen-bond donors (Lipinski definition) is 1. The average molecular weight is 322 g/mol. The average Bonchev–Trinajstić information content (AvgIpc) is 3.03. The molecule has 1 saturated heterocycles. The third-order valence-electron chi connectivity index (χ3n) is 4.66. The zero-order chi connectivity index (χ0) is 16.1. The fourth-order valence-electron chi connectivity index (χ4n) is 3.40. The first-order valence-electron chi connectivity index (χ1n) is 8.35. The Hall–Kier alpha value is -1.44. The van der Waals surface area contributed by atoms with E-state index in [2.05, 4.69) is 15.2 Å². The Morgan fingerprint density at radius 3 is 3.09 bits per heavy atom. The lowest BCUT2D eigenvalue weighted by Gasteiger charge is -2.36. The number of carbonyl (C=O) groups excluding carboxylic acids is 1. The van der Waals surface area contributed by atoms with Crippen molar-refractivity contribution in [3.63, 3.8) is 0 Å². The van der Waals surface area contributed by atoms with Gasteiger partial charge in [-0.05, 0) is 18.8 Å². The van der Waals surface area contributed by atoms with Crippen molar-refractivity contribution in [1.29, 1.82) is 0 Å². The fraction of sp³-hybridized carbons (Fsp3) is 0.750. The summed E-state index contributed by atoms with van der Waals surface area (Å²) >= 11 is 0. The second kappa shape index (κ2) is 7.90. The van der Waals surface area contributed by atoms with E-state index in [1.54, 1.807) is 13.4 Å². The highest BCUT2D eigenvalue weighted by Gasteiger charge is 2.31. The number of nitrogens with zero attached hydrogens (tertiary/aromatic N) is 3. The van der Waals surface area contributed by atoms with E-state index in [1.165, 1.54) is 0 Å². The largest absolute Gasteiger partial charge is 0.383 e. The lowest BCUT2D eigenvalue weighted by Crippen LogP contribution is -2.46. The lowest BCUT2D eigenvalue weighted by molar-refractivity contribution is -0.126. The Morgan fingerprint density at radius 1 is 1.48 bits per heavy atom. The molecule has 0 spiro atoms. The smallest absolute Gasteiger partial charge is 0.244 e. The molecule has 23 heavy (non-hydrogen) atoms. The summed E-state index contributed by atoms with van der Waals surface area (Å²) in [7, 11) is 1.64. The highest BCUT2D eigenvalue weighted by molar-refractivity contribution is 5.80. The van der Waals surface area contributed by atoms with Gasteiger partial charge in [-0.1, -0.05) is 0 Å². The molecule has 2 aliphatic heterocycles. The zero-order valence-electron chi connectivity index (χ0n) is 13.7. The third-order valence-corrected chi connectivity index (χ3v) is 4.66. The number of amides is 1. The monoisotopic (exact) mass is 322 g/mol. The molecule has 3 rings (SSSR count). The maximum Gasteiger partial charge on any atom is 0.244 e. The fourth-order valence-corrected chi connectivity index (χ4v) is 3.40. The Kier molecular flexibility index (Phi) is 5.64. The summed E-state index contributed by atoms with van der Waals surface area (Å²) < 4.78 is 12.4. The molecule has 0 unspecified atom stereocenters. The van der Waals surface area contributed by atoms with Crippen LogP contribution in [0.2, 0.25) is 0 Å². The van der Waals surface area contributed by atoms with Crippen LogP contribution in [-0.2, 0) is 20.8 Å². The van der Waals surface area contributed by atoms with Crippen LogP contribution in [0.1, 0.15) is 24.6 Å². The summed E-state index contributed by atoms with van der Waals surface area (Å²) in [5, 5.41) is 2.95. The van der Waals surface area contributed by atoms with Crippen molar-refractivity contribution in [3.8, 4) is 0 Å². The molecule has 1 N–H and O–H groups in total. The highest BCUT2D eigenvalue weighted by Crippen LogP contribution is 2.24. The number of aromatic nitrogens is 2. The summed E-state index contributed by atoms with van der Waals surface area (Å²) in [4.78, 5) is 19.1. The Balaban J connectivity index is 1.63. The molecule has 1 amide bonds. The number of ether oxygens (including phenoxy) is 2. The van der Waals surface area contributed by atoms with Crippen LogP contribution in [0, 0.1) is 5.92 Å². The molecule has 1 aromatic heterocycles. The molecule has 0 radical (unpaired) electrons. The van der Waals surface area contributed by atoms with Crippen LogP contribution >= 0.6 is 0 Å². The highest BCUT2D eigenvalue weighted by atomic mass is 16.5. The van der Waals surface area contributed by atoms with E-state index in [0.717, 1.165) is 51.4 Å². The molecule has 7 heteroatoms. The number of rotatable bonds is 6. The molecule has 0 aromatic carbocycles. The summed E-state index contributed by atoms with van der Waals surface area (Å²) in [6, 6.07) is -0.210. The van der Waals surface area contributed by atoms with Crippen LogP contribution in [-0.4, -0.2) is 66.9 Å².